The van der Waals surface area contributed by atoms with E-state index < -0.39 is 22.9 Å². The second-order valence-corrected chi connectivity index (χ2v) is 8.36. The molecule has 2 saturated heterocycles. The predicted octanol–water partition coefficient (Wildman–Crippen LogP) is 0.830. The smallest absolute Gasteiger partial charge is 0.309 e. The van der Waals surface area contributed by atoms with Crippen molar-refractivity contribution >= 4 is 23.6 Å². The van der Waals surface area contributed by atoms with Crippen molar-refractivity contribution in [3.63, 3.8) is 0 Å². The van der Waals surface area contributed by atoms with E-state index in [4.69, 9.17) is 0 Å². The van der Waals surface area contributed by atoms with E-state index in [9.17, 15) is 19.2 Å². The van der Waals surface area contributed by atoms with E-state index in [1.807, 2.05) is 60.7 Å². The van der Waals surface area contributed by atoms with Gasteiger partial charge in [-0.3, -0.25) is 19.2 Å². The molecule has 0 bridgehead atoms. The third-order valence-corrected chi connectivity index (χ3v) is 6.28. The first-order chi connectivity index (χ1) is 15.4. The monoisotopic (exact) mass is 434 g/mol. The van der Waals surface area contributed by atoms with Crippen molar-refractivity contribution in [2.75, 3.05) is 13.1 Å². The summed E-state index contributed by atoms with van der Waals surface area (Å²) in [6.45, 7) is 0.213. The number of hydrogen-bond acceptors (Lipinski definition) is 4. The summed E-state index contributed by atoms with van der Waals surface area (Å²) in [5.41, 5.74) is 0.282. The molecule has 2 unspecified atom stereocenters. The molecule has 2 heterocycles. The van der Waals surface area contributed by atoms with E-state index in [0.717, 1.165) is 11.1 Å². The number of rotatable bonds is 6. The maximum Gasteiger partial charge on any atom is 0.309 e. The SMILES string of the molecule is O=C1CCC(CNC(=O)C(=O)NCC2(c3ccccc3)CCC(=O)N2)(c2ccccc2)N1. The minimum Gasteiger partial charge on any atom is -0.345 e. The van der Waals surface area contributed by atoms with E-state index in [2.05, 4.69) is 21.3 Å². The third-order valence-electron chi connectivity index (χ3n) is 6.28. The van der Waals surface area contributed by atoms with E-state index in [0.29, 0.717) is 25.7 Å². The second kappa shape index (κ2) is 8.82. The highest BCUT2D eigenvalue weighted by molar-refractivity contribution is 6.35. The zero-order valence-electron chi connectivity index (χ0n) is 17.6. The molecule has 0 aromatic heterocycles. The molecule has 8 nitrogen and oxygen atoms in total. The van der Waals surface area contributed by atoms with Gasteiger partial charge >= 0.3 is 11.8 Å². The summed E-state index contributed by atoms with van der Waals surface area (Å²) in [5.74, 6) is -1.74. The first kappa shape index (κ1) is 21.5. The summed E-state index contributed by atoms with van der Waals surface area (Å²) in [4.78, 5) is 48.9. The Morgan fingerprint density at radius 1 is 0.688 bits per heavy atom. The lowest BCUT2D eigenvalue weighted by Crippen LogP contribution is -2.53. The summed E-state index contributed by atoms with van der Waals surface area (Å²) in [6, 6.07) is 18.8. The van der Waals surface area contributed by atoms with Crippen LogP contribution in [0.15, 0.2) is 60.7 Å². The Kier molecular flexibility index (Phi) is 5.94. The standard InChI is InChI=1S/C24H26N4O4/c29-19-11-13-23(27-19,17-7-3-1-4-8-17)15-25-21(31)22(32)26-16-24(14-12-20(30)28-24)18-9-5-2-6-10-18/h1-10H,11-16H2,(H,25,31)(H,26,32)(H,27,29)(H,28,30). The highest BCUT2D eigenvalue weighted by atomic mass is 16.2. The van der Waals surface area contributed by atoms with Crippen molar-refractivity contribution in [3.05, 3.63) is 71.8 Å². The number of carbonyl (C=O) groups excluding carboxylic acids is 4. The van der Waals surface area contributed by atoms with Gasteiger partial charge in [-0.15, -0.1) is 0 Å². The molecule has 2 aromatic rings. The first-order valence-corrected chi connectivity index (χ1v) is 10.7. The van der Waals surface area contributed by atoms with Crippen LogP contribution in [0, 0.1) is 0 Å². The van der Waals surface area contributed by atoms with Gasteiger partial charge < -0.3 is 21.3 Å². The summed E-state index contributed by atoms with van der Waals surface area (Å²) < 4.78 is 0. The fourth-order valence-corrected chi connectivity index (χ4v) is 4.48. The molecule has 2 aromatic carbocycles. The van der Waals surface area contributed by atoms with Crippen molar-refractivity contribution in [2.45, 2.75) is 36.8 Å². The van der Waals surface area contributed by atoms with Gasteiger partial charge in [-0.1, -0.05) is 60.7 Å². The maximum absolute atomic E-state index is 12.5. The Balaban J connectivity index is 1.40. The van der Waals surface area contributed by atoms with Crippen LogP contribution in [-0.2, 0) is 30.3 Å². The molecule has 0 saturated carbocycles. The third kappa shape index (κ3) is 4.34. The Hall–Kier alpha value is -3.68. The van der Waals surface area contributed by atoms with Gasteiger partial charge in [-0.2, -0.15) is 0 Å². The predicted molar refractivity (Wildman–Crippen MR) is 117 cm³/mol. The maximum atomic E-state index is 12.5. The molecule has 0 aliphatic carbocycles. The summed E-state index contributed by atoms with van der Waals surface area (Å²) in [7, 11) is 0. The van der Waals surface area contributed by atoms with Crippen LogP contribution in [-0.4, -0.2) is 36.7 Å². The molecule has 2 aliphatic rings. The highest BCUT2D eigenvalue weighted by Gasteiger charge is 2.41. The van der Waals surface area contributed by atoms with Crippen molar-refractivity contribution in [2.24, 2.45) is 0 Å². The number of amides is 4. The van der Waals surface area contributed by atoms with Gasteiger partial charge in [0.15, 0.2) is 0 Å². The van der Waals surface area contributed by atoms with Gasteiger partial charge in [0.05, 0.1) is 11.1 Å². The van der Waals surface area contributed by atoms with Crippen molar-refractivity contribution in [3.8, 4) is 0 Å². The normalized spacial score (nSPS) is 24.5. The molecule has 2 aliphatic heterocycles. The largest absolute Gasteiger partial charge is 0.345 e. The van der Waals surface area contributed by atoms with Crippen LogP contribution in [0.25, 0.3) is 0 Å². The van der Waals surface area contributed by atoms with Crippen LogP contribution in [0.5, 0.6) is 0 Å². The summed E-state index contributed by atoms with van der Waals surface area (Å²) >= 11 is 0. The average Bonchev–Trinajstić information content (AvgIpc) is 3.41. The first-order valence-electron chi connectivity index (χ1n) is 10.7. The molecule has 4 rings (SSSR count). The molecule has 4 N–H and O–H groups in total. The average molecular weight is 434 g/mol. The van der Waals surface area contributed by atoms with E-state index in [1.165, 1.54) is 0 Å². The van der Waals surface area contributed by atoms with Crippen molar-refractivity contribution in [1.29, 1.82) is 0 Å². The van der Waals surface area contributed by atoms with E-state index in [1.54, 1.807) is 0 Å². The number of nitrogens with one attached hydrogen (secondary N) is 4. The van der Waals surface area contributed by atoms with Gasteiger partial charge in [-0.05, 0) is 24.0 Å². The molecule has 8 heteroatoms. The minimum atomic E-state index is -0.783. The number of benzene rings is 2. The Morgan fingerprint density at radius 2 is 1.06 bits per heavy atom. The Morgan fingerprint density at radius 3 is 1.38 bits per heavy atom. The van der Waals surface area contributed by atoms with Crippen LogP contribution in [0.4, 0.5) is 0 Å². The molecule has 166 valence electrons. The van der Waals surface area contributed by atoms with E-state index >= 15 is 0 Å². The molecule has 0 radical (unpaired) electrons. The molecular formula is C24H26N4O4. The second-order valence-electron chi connectivity index (χ2n) is 8.36. The van der Waals surface area contributed by atoms with Gasteiger partial charge in [0.1, 0.15) is 0 Å². The molecule has 2 fully saturated rings. The van der Waals surface area contributed by atoms with Crippen molar-refractivity contribution in [1.82, 2.24) is 21.3 Å². The van der Waals surface area contributed by atoms with Crippen LogP contribution < -0.4 is 21.3 Å². The molecular weight excluding hydrogens is 408 g/mol. The van der Waals surface area contributed by atoms with Crippen LogP contribution in [0.1, 0.15) is 36.8 Å². The molecule has 32 heavy (non-hydrogen) atoms. The summed E-state index contributed by atoms with van der Waals surface area (Å²) in [5, 5.41) is 11.2. The molecule has 2 atom stereocenters. The topological polar surface area (TPSA) is 116 Å². The molecule has 0 spiro atoms. The quantitative estimate of drug-likeness (QED) is 0.504. The lowest BCUT2D eigenvalue weighted by molar-refractivity contribution is -0.139. The zero-order chi connectivity index (χ0) is 22.6. The van der Waals surface area contributed by atoms with Gasteiger partial charge in [0, 0.05) is 25.9 Å². The van der Waals surface area contributed by atoms with Crippen LogP contribution in [0.2, 0.25) is 0 Å². The van der Waals surface area contributed by atoms with Crippen molar-refractivity contribution < 1.29 is 19.2 Å². The number of hydrogen-bond donors (Lipinski definition) is 4. The zero-order valence-corrected chi connectivity index (χ0v) is 17.6. The van der Waals surface area contributed by atoms with E-state index in [-0.39, 0.29) is 24.9 Å². The summed E-state index contributed by atoms with van der Waals surface area (Å²) in [6.07, 6.45) is 1.77. The van der Waals surface area contributed by atoms with Gasteiger partial charge in [0.25, 0.3) is 0 Å². The number of carbonyl (C=O) groups is 4. The van der Waals surface area contributed by atoms with Crippen LogP contribution in [0.3, 0.4) is 0 Å². The Labute approximate surface area is 186 Å². The molecule has 4 amide bonds. The van der Waals surface area contributed by atoms with Gasteiger partial charge in [-0.25, -0.2) is 0 Å². The van der Waals surface area contributed by atoms with Crippen LogP contribution >= 0.6 is 0 Å². The van der Waals surface area contributed by atoms with Gasteiger partial charge in [0.2, 0.25) is 11.8 Å². The fourth-order valence-electron chi connectivity index (χ4n) is 4.48. The lowest BCUT2D eigenvalue weighted by atomic mass is 9.88. The highest BCUT2D eigenvalue weighted by Crippen LogP contribution is 2.32. The fraction of sp³-hybridized carbons (Fsp3) is 0.333. The minimum absolute atomic E-state index is 0.0886. The lowest BCUT2D eigenvalue weighted by Gasteiger charge is -2.31. The Bertz CT molecular complexity index is 943.